The van der Waals surface area contributed by atoms with Crippen LogP contribution in [0.25, 0.3) is 16.8 Å². The predicted octanol–water partition coefficient (Wildman–Crippen LogP) is 4.58. The molecule has 2 aliphatic rings. The number of carbonyl (C=O) groups excluding carboxylic acids is 1. The van der Waals surface area contributed by atoms with Crippen molar-refractivity contribution in [2.24, 2.45) is 0 Å². The Hall–Kier alpha value is -3.20. The summed E-state index contributed by atoms with van der Waals surface area (Å²) in [6.45, 7) is 1.16. The summed E-state index contributed by atoms with van der Waals surface area (Å²) in [5.74, 6) is -0.583. The van der Waals surface area contributed by atoms with Crippen LogP contribution in [0.15, 0.2) is 53.5 Å². The average molecular weight is 526 g/mol. The number of likely N-dealkylation sites (tertiary alicyclic amines) is 1. The summed E-state index contributed by atoms with van der Waals surface area (Å²) in [5, 5.41) is 8.51. The Morgan fingerprint density at radius 3 is 2.50 bits per heavy atom. The predicted molar refractivity (Wildman–Crippen MR) is 136 cm³/mol. The molecule has 0 radical (unpaired) electrons. The van der Waals surface area contributed by atoms with Gasteiger partial charge in [-0.3, -0.25) is 9.59 Å². The molecule has 1 saturated carbocycles. The summed E-state index contributed by atoms with van der Waals surface area (Å²) >= 11 is 12.2. The fourth-order valence-corrected chi connectivity index (χ4v) is 5.39. The van der Waals surface area contributed by atoms with Gasteiger partial charge in [0, 0.05) is 24.2 Å². The van der Waals surface area contributed by atoms with Gasteiger partial charge in [0.1, 0.15) is 11.3 Å². The number of nitrogens with zero attached hydrogens (tertiary/aromatic N) is 3. The van der Waals surface area contributed by atoms with E-state index in [-0.39, 0.29) is 28.9 Å². The van der Waals surface area contributed by atoms with Crippen LogP contribution < -0.4 is 10.9 Å². The Morgan fingerprint density at radius 1 is 1.14 bits per heavy atom. The van der Waals surface area contributed by atoms with E-state index in [1.807, 2.05) is 7.05 Å². The molecular formula is C26H22Cl2FN5O2. The first-order chi connectivity index (χ1) is 17.2. The molecule has 36 heavy (non-hydrogen) atoms. The van der Waals surface area contributed by atoms with Gasteiger partial charge in [0.25, 0.3) is 11.5 Å². The molecule has 2 aromatic heterocycles. The van der Waals surface area contributed by atoms with Crippen LogP contribution in [0.1, 0.15) is 40.4 Å². The normalized spacial score (nSPS) is 17.2. The maximum atomic E-state index is 13.6. The van der Waals surface area contributed by atoms with Gasteiger partial charge in [0.2, 0.25) is 0 Å². The SMILES string of the molecule is CN1CC(NC(=O)c2nn3cc(-c4ccc(Cl)c(Cl)c4)[nH]c(=O)c3c2C2CC2)(c2ccc(F)cc2)C1. The summed E-state index contributed by atoms with van der Waals surface area (Å²) in [6.07, 6.45) is 3.47. The van der Waals surface area contributed by atoms with E-state index >= 15 is 0 Å². The first-order valence-corrected chi connectivity index (χ1v) is 12.4. The quantitative estimate of drug-likeness (QED) is 0.399. The molecule has 6 rings (SSSR count). The molecule has 2 N–H and O–H groups in total. The maximum Gasteiger partial charge on any atom is 0.274 e. The van der Waals surface area contributed by atoms with Crippen LogP contribution in [0.2, 0.25) is 10.0 Å². The second-order valence-electron chi connectivity index (χ2n) is 9.67. The van der Waals surface area contributed by atoms with Crippen molar-refractivity contribution in [3.05, 3.63) is 91.7 Å². The third-order valence-electron chi connectivity index (χ3n) is 6.92. The van der Waals surface area contributed by atoms with Gasteiger partial charge in [-0.05, 0) is 55.6 Å². The van der Waals surface area contributed by atoms with E-state index in [0.717, 1.165) is 18.4 Å². The van der Waals surface area contributed by atoms with Crippen LogP contribution in [0.4, 0.5) is 4.39 Å². The zero-order valence-corrected chi connectivity index (χ0v) is 20.8. The molecule has 4 aromatic rings. The van der Waals surface area contributed by atoms with E-state index in [1.54, 1.807) is 36.5 Å². The van der Waals surface area contributed by atoms with Crippen molar-refractivity contribution in [1.82, 2.24) is 24.8 Å². The molecule has 3 heterocycles. The molecule has 184 valence electrons. The molecule has 1 aliphatic carbocycles. The number of aromatic amines is 1. The average Bonchev–Trinajstić information content (AvgIpc) is 3.59. The topological polar surface area (TPSA) is 82.5 Å². The van der Waals surface area contributed by atoms with Gasteiger partial charge < -0.3 is 15.2 Å². The Bertz CT molecular complexity index is 1570. The zero-order chi connectivity index (χ0) is 25.2. The van der Waals surface area contributed by atoms with E-state index < -0.39 is 5.54 Å². The number of hydrogen-bond acceptors (Lipinski definition) is 4. The second kappa shape index (κ2) is 8.44. The van der Waals surface area contributed by atoms with Crippen molar-refractivity contribution < 1.29 is 9.18 Å². The van der Waals surface area contributed by atoms with E-state index in [2.05, 4.69) is 20.3 Å². The molecule has 0 atom stereocenters. The first kappa shape index (κ1) is 23.2. The highest BCUT2D eigenvalue weighted by Gasteiger charge is 2.45. The maximum absolute atomic E-state index is 13.6. The van der Waals surface area contributed by atoms with Crippen LogP contribution in [0.5, 0.6) is 0 Å². The molecule has 0 unspecified atom stereocenters. The Kier molecular flexibility index (Phi) is 5.44. The molecule has 2 aromatic carbocycles. The summed E-state index contributed by atoms with van der Waals surface area (Å²) in [5.41, 5.74) is 2.29. The number of rotatable bonds is 5. The van der Waals surface area contributed by atoms with Gasteiger partial charge in [0.15, 0.2) is 5.69 Å². The Labute approximate surface area is 215 Å². The lowest BCUT2D eigenvalue weighted by Crippen LogP contribution is -2.66. The number of H-pyrrole nitrogens is 1. The van der Waals surface area contributed by atoms with Crippen LogP contribution in [-0.2, 0) is 5.54 Å². The van der Waals surface area contributed by atoms with Crippen molar-refractivity contribution in [3.63, 3.8) is 0 Å². The van der Waals surface area contributed by atoms with E-state index in [9.17, 15) is 14.0 Å². The minimum absolute atomic E-state index is 0.103. The Balaban J connectivity index is 1.42. The number of nitrogens with one attached hydrogen (secondary N) is 2. The lowest BCUT2D eigenvalue weighted by Gasteiger charge is -2.49. The number of amides is 1. The fourth-order valence-electron chi connectivity index (χ4n) is 5.09. The summed E-state index contributed by atoms with van der Waals surface area (Å²) < 4.78 is 15.0. The van der Waals surface area contributed by atoms with Crippen LogP contribution in [0.3, 0.4) is 0 Å². The third kappa shape index (κ3) is 3.89. The summed E-state index contributed by atoms with van der Waals surface area (Å²) in [6, 6.07) is 11.3. The monoisotopic (exact) mass is 525 g/mol. The molecule has 2 fully saturated rings. The lowest BCUT2D eigenvalue weighted by molar-refractivity contribution is 0.0507. The summed E-state index contributed by atoms with van der Waals surface area (Å²) in [7, 11) is 1.96. The molecule has 1 saturated heterocycles. The second-order valence-corrected chi connectivity index (χ2v) is 10.5. The van der Waals surface area contributed by atoms with E-state index in [1.165, 1.54) is 16.6 Å². The number of carbonyl (C=O) groups is 1. The fraction of sp³-hybridized carbons (Fsp3) is 0.269. The van der Waals surface area contributed by atoms with Gasteiger partial charge in [0.05, 0.1) is 27.5 Å². The van der Waals surface area contributed by atoms with Gasteiger partial charge in [-0.25, -0.2) is 8.91 Å². The molecule has 1 amide bonds. The van der Waals surface area contributed by atoms with E-state index in [0.29, 0.717) is 45.5 Å². The highest BCUT2D eigenvalue weighted by molar-refractivity contribution is 6.42. The Morgan fingerprint density at radius 2 is 1.86 bits per heavy atom. The largest absolute Gasteiger partial charge is 0.338 e. The number of halogens is 3. The van der Waals surface area contributed by atoms with Gasteiger partial charge in [-0.15, -0.1) is 0 Å². The highest BCUT2D eigenvalue weighted by atomic mass is 35.5. The first-order valence-electron chi connectivity index (χ1n) is 11.6. The molecular weight excluding hydrogens is 504 g/mol. The van der Waals surface area contributed by atoms with Crippen LogP contribution in [0, 0.1) is 5.82 Å². The number of hydrogen-bond donors (Lipinski definition) is 2. The minimum atomic E-state index is -0.659. The van der Waals surface area contributed by atoms with E-state index in [4.69, 9.17) is 23.2 Å². The molecule has 7 nitrogen and oxygen atoms in total. The third-order valence-corrected chi connectivity index (χ3v) is 7.66. The van der Waals surface area contributed by atoms with Crippen LogP contribution in [-0.4, -0.2) is 45.5 Å². The highest BCUT2D eigenvalue weighted by Crippen LogP contribution is 2.43. The lowest BCUT2D eigenvalue weighted by atomic mass is 9.82. The smallest absolute Gasteiger partial charge is 0.274 e. The van der Waals surface area contributed by atoms with Crippen molar-refractivity contribution in [3.8, 4) is 11.3 Å². The van der Waals surface area contributed by atoms with Crippen molar-refractivity contribution >= 4 is 34.6 Å². The minimum Gasteiger partial charge on any atom is -0.338 e. The van der Waals surface area contributed by atoms with Crippen molar-refractivity contribution in [1.29, 1.82) is 0 Å². The number of benzene rings is 2. The van der Waals surface area contributed by atoms with Gasteiger partial charge in [-0.2, -0.15) is 5.10 Å². The van der Waals surface area contributed by atoms with Crippen molar-refractivity contribution in [2.45, 2.75) is 24.3 Å². The number of fused-ring (bicyclic) bond motifs is 1. The molecule has 0 spiro atoms. The molecule has 1 aliphatic heterocycles. The summed E-state index contributed by atoms with van der Waals surface area (Å²) in [4.78, 5) is 31.8. The van der Waals surface area contributed by atoms with Crippen LogP contribution >= 0.6 is 23.2 Å². The molecule has 10 heteroatoms. The number of aromatic nitrogens is 3. The van der Waals surface area contributed by atoms with Crippen molar-refractivity contribution in [2.75, 3.05) is 20.1 Å². The van der Waals surface area contributed by atoms with Gasteiger partial charge >= 0.3 is 0 Å². The zero-order valence-electron chi connectivity index (χ0n) is 19.3. The number of likely N-dealkylation sites (N-methyl/N-ethyl adjacent to an activating group) is 1. The van der Waals surface area contributed by atoms with Gasteiger partial charge in [-0.1, -0.05) is 41.4 Å². The standard InChI is InChI=1S/C26H22Cl2FN5O2/c1-33-12-26(13-33,16-5-7-17(29)8-6-16)31-24(35)22-21(14-2-3-14)23-25(36)30-20(11-34(23)32-22)15-4-9-18(27)19(28)10-15/h4-11,14H,2-3,12-13H2,1H3,(H,30,36)(H,31,35). The molecule has 0 bridgehead atoms.